The third-order valence-corrected chi connectivity index (χ3v) is 5.27. The average molecular weight is 318 g/mol. The van der Waals surface area contributed by atoms with Crippen molar-refractivity contribution in [2.75, 3.05) is 19.7 Å². The molecule has 1 aromatic carbocycles. The van der Waals surface area contributed by atoms with Gasteiger partial charge in [0.25, 0.3) is 0 Å². The monoisotopic (exact) mass is 318 g/mol. The number of hydrogen-bond donors (Lipinski definition) is 1. The maximum atomic E-state index is 13.6. The van der Waals surface area contributed by atoms with E-state index in [-0.39, 0.29) is 24.2 Å². The van der Waals surface area contributed by atoms with E-state index in [1.54, 1.807) is 18.2 Å². The topological polar surface area (TPSA) is 41.6 Å². The van der Waals surface area contributed by atoms with Crippen molar-refractivity contribution < 1.29 is 13.9 Å². The first-order valence-corrected chi connectivity index (χ1v) is 8.57. The molecular weight excluding hydrogens is 295 g/mol. The van der Waals surface area contributed by atoms with Crippen molar-refractivity contribution in [2.45, 2.75) is 43.9 Å². The molecule has 4 nitrogen and oxygen atoms in total. The minimum absolute atomic E-state index is 0.0976. The number of halogens is 1. The number of benzene rings is 1. The zero-order valence-corrected chi connectivity index (χ0v) is 13.2. The summed E-state index contributed by atoms with van der Waals surface area (Å²) in [6, 6.07) is 7.04. The van der Waals surface area contributed by atoms with Gasteiger partial charge in [-0.15, -0.1) is 0 Å². The summed E-state index contributed by atoms with van der Waals surface area (Å²) in [4.78, 5) is 14.6. The van der Waals surface area contributed by atoms with Crippen LogP contribution >= 0.6 is 0 Å². The van der Waals surface area contributed by atoms with Crippen molar-refractivity contribution in [3.05, 3.63) is 35.6 Å². The molecule has 5 heteroatoms. The molecule has 23 heavy (non-hydrogen) atoms. The molecule has 1 aromatic rings. The zero-order valence-electron chi connectivity index (χ0n) is 13.2. The average Bonchev–Trinajstić information content (AvgIpc) is 3.30. The molecule has 1 saturated carbocycles. The lowest BCUT2D eigenvalue weighted by Crippen LogP contribution is -2.47. The summed E-state index contributed by atoms with van der Waals surface area (Å²) in [5, 5.41) is 3.07. The van der Waals surface area contributed by atoms with Crippen LogP contribution in [-0.4, -0.2) is 48.7 Å². The Kier molecular flexibility index (Phi) is 4.07. The first kappa shape index (κ1) is 15.1. The highest BCUT2D eigenvalue weighted by atomic mass is 19.1. The number of carbonyl (C=O) groups excluding carboxylic acids is 1. The van der Waals surface area contributed by atoms with Crippen LogP contribution in [0.3, 0.4) is 0 Å². The molecule has 2 saturated heterocycles. The summed E-state index contributed by atoms with van der Waals surface area (Å²) in [5.41, 5.74) is 0.456. The lowest BCUT2D eigenvalue weighted by atomic mass is 10.1. The number of fused-ring (bicyclic) bond motifs is 1. The van der Waals surface area contributed by atoms with Crippen LogP contribution in [0.1, 0.15) is 24.8 Å². The molecule has 0 bridgehead atoms. The molecule has 1 amide bonds. The molecule has 3 aliphatic rings. The van der Waals surface area contributed by atoms with Gasteiger partial charge in [0.1, 0.15) is 5.82 Å². The first-order valence-electron chi connectivity index (χ1n) is 8.57. The van der Waals surface area contributed by atoms with Crippen LogP contribution in [-0.2, 0) is 16.0 Å². The number of amides is 1. The van der Waals surface area contributed by atoms with Crippen LogP contribution < -0.4 is 5.32 Å². The van der Waals surface area contributed by atoms with Gasteiger partial charge in [-0.1, -0.05) is 18.2 Å². The summed E-state index contributed by atoms with van der Waals surface area (Å²) in [5.74, 6) is 0.345. The van der Waals surface area contributed by atoms with E-state index in [1.165, 1.54) is 18.9 Å². The summed E-state index contributed by atoms with van der Waals surface area (Å²) < 4.78 is 19.6. The maximum Gasteiger partial charge on any atom is 0.224 e. The zero-order chi connectivity index (χ0) is 15.8. The Morgan fingerprint density at radius 3 is 2.91 bits per heavy atom. The van der Waals surface area contributed by atoms with E-state index in [0.717, 1.165) is 32.0 Å². The fourth-order valence-electron chi connectivity index (χ4n) is 3.85. The SMILES string of the molecule is O=C(Cc1ccccc1F)N[C@H]1C[C@H]2CO[C@H](C3CC3)CN2C1. The van der Waals surface area contributed by atoms with Crippen LogP contribution in [0.5, 0.6) is 0 Å². The predicted octanol–water partition coefficient (Wildman–Crippen LogP) is 1.74. The van der Waals surface area contributed by atoms with Crippen molar-refractivity contribution in [2.24, 2.45) is 5.92 Å². The molecule has 0 aromatic heterocycles. The molecule has 0 spiro atoms. The number of morpholine rings is 1. The second-order valence-corrected chi connectivity index (χ2v) is 7.09. The molecule has 3 fully saturated rings. The van der Waals surface area contributed by atoms with E-state index >= 15 is 0 Å². The second kappa shape index (κ2) is 6.21. The third kappa shape index (κ3) is 3.40. The van der Waals surface area contributed by atoms with Gasteiger partial charge < -0.3 is 10.1 Å². The minimum atomic E-state index is -0.313. The van der Waals surface area contributed by atoms with Gasteiger partial charge in [0, 0.05) is 25.2 Å². The molecule has 0 radical (unpaired) electrons. The number of rotatable bonds is 4. The molecule has 0 unspecified atom stereocenters. The molecule has 1 N–H and O–H groups in total. The molecule has 2 heterocycles. The van der Waals surface area contributed by atoms with Crippen LogP contribution in [0.4, 0.5) is 4.39 Å². The summed E-state index contributed by atoms with van der Waals surface area (Å²) in [6.07, 6.45) is 4.02. The van der Waals surface area contributed by atoms with Crippen LogP contribution in [0.25, 0.3) is 0 Å². The van der Waals surface area contributed by atoms with Crippen molar-refractivity contribution in [3.63, 3.8) is 0 Å². The van der Waals surface area contributed by atoms with Gasteiger partial charge >= 0.3 is 0 Å². The van der Waals surface area contributed by atoms with Crippen LogP contribution in [0.15, 0.2) is 24.3 Å². The van der Waals surface area contributed by atoms with Crippen molar-refractivity contribution >= 4 is 5.91 Å². The lowest BCUT2D eigenvalue weighted by molar-refractivity contribution is -0.121. The fraction of sp³-hybridized carbons (Fsp3) is 0.611. The normalized spacial score (nSPS) is 30.9. The van der Waals surface area contributed by atoms with Crippen molar-refractivity contribution in [3.8, 4) is 0 Å². The van der Waals surface area contributed by atoms with E-state index in [9.17, 15) is 9.18 Å². The van der Waals surface area contributed by atoms with Gasteiger partial charge in [-0.05, 0) is 36.8 Å². The lowest BCUT2D eigenvalue weighted by Gasteiger charge is -2.35. The van der Waals surface area contributed by atoms with Gasteiger partial charge in [0.05, 0.1) is 19.1 Å². The molecule has 2 aliphatic heterocycles. The second-order valence-electron chi connectivity index (χ2n) is 7.09. The Morgan fingerprint density at radius 1 is 1.30 bits per heavy atom. The van der Waals surface area contributed by atoms with E-state index in [2.05, 4.69) is 10.2 Å². The molecular formula is C18H23FN2O2. The van der Waals surface area contributed by atoms with Crippen LogP contribution in [0, 0.1) is 11.7 Å². The summed E-state index contributed by atoms with van der Waals surface area (Å²) >= 11 is 0. The predicted molar refractivity (Wildman–Crippen MR) is 84.5 cm³/mol. The Morgan fingerprint density at radius 2 is 2.13 bits per heavy atom. The quantitative estimate of drug-likeness (QED) is 0.919. The Bertz CT molecular complexity index is 590. The molecule has 3 atom stereocenters. The standard InChI is InChI=1S/C18H23FN2O2/c19-16-4-2-1-3-13(16)7-18(22)20-14-8-15-11-23-17(12-5-6-12)10-21(15)9-14/h1-4,12,14-15,17H,5-11H2,(H,20,22)/t14-,15-,17-/m0/s1. The van der Waals surface area contributed by atoms with Gasteiger partial charge in [0.2, 0.25) is 5.91 Å². The van der Waals surface area contributed by atoms with Gasteiger partial charge in [-0.25, -0.2) is 4.39 Å². The van der Waals surface area contributed by atoms with Gasteiger partial charge in [-0.2, -0.15) is 0 Å². The highest BCUT2D eigenvalue weighted by molar-refractivity contribution is 5.79. The summed E-state index contributed by atoms with van der Waals surface area (Å²) in [7, 11) is 0. The first-order chi connectivity index (χ1) is 11.2. The van der Waals surface area contributed by atoms with Crippen molar-refractivity contribution in [1.82, 2.24) is 10.2 Å². The molecule has 4 rings (SSSR count). The smallest absolute Gasteiger partial charge is 0.224 e. The van der Waals surface area contributed by atoms with E-state index in [4.69, 9.17) is 4.74 Å². The van der Waals surface area contributed by atoms with Gasteiger partial charge in [-0.3, -0.25) is 9.69 Å². The minimum Gasteiger partial charge on any atom is -0.375 e. The third-order valence-electron chi connectivity index (χ3n) is 5.27. The van der Waals surface area contributed by atoms with Gasteiger partial charge in [0.15, 0.2) is 0 Å². The van der Waals surface area contributed by atoms with E-state index in [1.807, 2.05) is 0 Å². The number of hydrogen-bond acceptors (Lipinski definition) is 3. The number of ether oxygens (including phenoxy) is 1. The highest BCUT2D eigenvalue weighted by Crippen LogP contribution is 2.37. The number of nitrogens with one attached hydrogen (secondary N) is 1. The van der Waals surface area contributed by atoms with E-state index in [0.29, 0.717) is 17.7 Å². The number of carbonyl (C=O) groups is 1. The Balaban J connectivity index is 1.30. The van der Waals surface area contributed by atoms with E-state index < -0.39 is 0 Å². The molecule has 124 valence electrons. The maximum absolute atomic E-state index is 13.6. The Hall–Kier alpha value is -1.46. The van der Waals surface area contributed by atoms with Crippen molar-refractivity contribution in [1.29, 1.82) is 0 Å². The highest BCUT2D eigenvalue weighted by Gasteiger charge is 2.42. The fourth-order valence-corrected chi connectivity index (χ4v) is 3.85. The summed E-state index contributed by atoms with van der Waals surface area (Å²) in [6.45, 7) is 2.66. The largest absolute Gasteiger partial charge is 0.375 e. The molecule has 1 aliphatic carbocycles. The Labute approximate surface area is 136 Å². The van der Waals surface area contributed by atoms with Crippen LogP contribution in [0.2, 0.25) is 0 Å². The number of nitrogens with zero attached hydrogens (tertiary/aromatic N) is 1.